The fraction of sp³-hybridized carbons (Fsp3) is 0.294. The predicted molar refractivity (Wildman–Crippen MR) is 91.4 cm³/mol. The molecule has 0 unspecified atom stereocenters. The average molecular weight is 351 g/mol. The Kier molecular flexibility index (Phi) is 6.40. The van der Waals surface area contributed by atoms with Gasteiger partial charge in [0.1, 0.15) is 25.0 Å². The SMILES string of the molecule is Cc1cc(OC[C@@H](O)CNC(=O)Cn2ccccc2=O)ccc1Cl. The Morgan fingerprint density at radius 1 is 1.38 bits per heavy atom. The third-order valence-electron chi connectivity index (χ3n) is 3.32. The number of pyridine rings is 1. The number of carbonyl (C=O) groups excluding carboxylic acids is 1. The summed E-state index contributed by atoms with van der Waals surface area (Å²) in [6.45, 7) is 1.83. The maximum Gasteiger partial charge on any atom is 0.250 e. The van der Waals surface area contributed by atoms with Crippen LogP contribution < -0.4 is 15.6 Å². The van der Waals surface area contributed by atoms with E-state index in [-0.39, 0.29) is 31.2 Å². The number of carbonyl (C=O) groups is 1. The van der Waals surface area contributed by atoms with E-state index in [0.717, 1.165) is 5.56 Å². The molecular formula is C17H19ClN2O4. The summed E-state index contributed by atoms with van der Waals surface area (Å²) in [7, 11) is 0. The van der Waals surface area contributed by atoms with E-state index in [1.54, 1.807) is 30.3 Å². The number of nitrogens with one attached hydrogen (secondary N) is 1. The molecule has 1 amide bonds. The van der Waals surface area contributed by atoms with Crippen LogP contribution in [0.3, 0.4) is 0 Å². The van der Waals surface area contributed by atoms with Crippen LogP contribution in [-0.2, 0) is 11.3 Å². The smallest absolute Gasteiger partial charge is 0.250 e. The van der Waals surface area contributed by atoms with E-state index < -0.39 is 6.10 Å². The van der Waals surface area contributed by atoms with Crippen molar-refractivity contribution in [1.29, 1.82) is 0 Å². The minimum absolute atomic E-state index is 0.0344. The molecule has 1 heterocycles. The zero-order chi connectivity index (χ0) is 17.5. The van der Waals surface area contributed by atoms with Crippen LogP contribution in [0.25, 0.3) is 0 Å². The quantitative estimate of drug-likeness (QED) is 0.790. The molecule has 128 valence electrons. The van der Waals surface area contributed by atoms with Gasteiger partial charge in [-0.25, -0.2) is 0 Å². The number of ether oxygens (including phenoxy) is 1. The molecule has 0 bridgehead atoms. The third-order valence-corrected chi connectivity index (χ3v) is 3.74. The fourth-order valence-electron chi connectivity index (χ4n) is 1.99. The summed E-state index contributed by atoms with van der Waals surface area (Å²) in [6, 6.07) is 9.86. The summed E-state index contributed by atoms with van der Waals surface area (Å²) in [4.78, 5) is 23.3. The number of aliphatic hydroxyl groups excluding tert-OH is 1. The van der Waals surface area contributed by atoms with Crippen molar-refractivity contribution in [3.8, 4) is 5.75 Å². The van der Waals surface area contributed by atoms with Crippen molar-refractivity contribution in [3.05, 3.63) is 63.5 Å². The van der Waals surface area contributed by atoms with Gasteiger partial charge >= 0.3 is 0 Å². The second kappa shape index (κ2) is 8.52. The van der Waals surface area contributed by atoms with E-state index in [9.17, 15) is 14.7 Å². The number of amides is 1. The summed E-state index contributed by atoms with van der Waals surface area (Å²) in [5.74, 6) is 0.239. The number of nitrogens with zero attached hydrogens (tertiary/aromatic N) is 1. The first-order chi connectivity index (χ1) is 11.5. The maximum atomic E-state index is 11.8. The molecule has 2 rings (SSSR count). The monoisotopic (exact) mass is 350 g/mol. The van der Waals surface area contributed by atoms with Crippen LogP contribution in [0, 0.1) is 6.92 Å². The van der Waals surface area contributed by atoms with Crippen molar-refractivity contribution in [2.45, 2.75) is 19.6 Å². The zero-order valence-corrected chi connectivity index (χ0v) is 14.0. The lowest BCUT2D eigenvalue weighted by molar-refractivity contribution is -0.122. The Balaban J connectivity index is 1.75. The Morgan fingerprint density at radius 3 is 2.88 bits per heavy atom. The minimum Gasteiger partial charge on any atom is -0.491 e. The summed E-state index contributed by atoms with van der Waals surface area (Å²) in [5.41, 5.74) is 0.625. The number of hydrogen-bond donors (Lipinski definition) is 2. The lowest BCUT2D eigenvalue weighted by Gasteiger charge is -2.14. The number of benzene rings is 1. The van der Waals surface area contributed by atoms with Crippen LogP contribution in [-0.4, -0.2) is 34.8 Å². The number of aryl methyl sites for hydroxylation is 1. The van der Waals surface area contributed by atoms with Crippen LogP contribution >= 0.6 is 11.6 Å². The molecule has 0 aliphatic rings. The number of rotatable bonds is 7. The molecule has 0 radical (unpaired) electrons. The Morgan fingerprint density at radius 2 is 2.17 bits per heavy atom. The van der Waals surface area contributed by atoms with Gasteiger partial charge in [0.05, 0.1) is 0 Å². The molecule has 7 heteroatoms. The van der Waals surface area contributed by atoms with Crippen molar-refractivity contribution in [1.82, 2.24) is 9.88 Å². The second-order valence-corrected chi connectivity index (χ2v) is 5.75. The van der Waals surface area contributed by atoms with Crippen molar-refractivity contribution in [2.75, 3.05) is 13.2 Å². The highest BCUT2D eigenvalue weighted by molar-refractivity contribution is 6.31. The summed E-state index contributed by atoms with van der Waals surface area (Å²) in [6.07, 6.45) is 0.669. The molecule has 0 aliphatic heterocycles. The molecule has 1 atom stereocenters. The highest BCUT2D eigenvalue weighted by Gasteiger charge is 2.09. The molecular weight excluding hydrogens is 332 g/mol. The van der Waals surface area contributed by atoms with E-state index in [1.807, 2.05) is 6.92 Å². The van der Waals surface area contributed by atoms with Gasteiger partial charge in [-0.15, -0.1) is 0 Å². The number of hydrogen-bond acceptors (Lipinski definition) is 4. The van der Waals surface area contributed by atoms with Crippen LogP contribution in [0.15, 0.2) is 47.4 Å². The zero-order valence-electron chi connectivity index (χ0n) is 13.2. The van der Waals surface area contributed by atoms with Crippen LogP contribution in [0.5, 0.6) is 5.75 Å². The first-order valence-electron chi connectivity index (χ1n) is 7.45. The molecule has 2 aromatic rings. The minimum atomic E-state index is -0.863. The number of aromatic nitrogens is 1. The third kappa shape index (κ3) is 5.40. The first-order valence-corrected chi connectivity index (χ1v) is 7.82. The van der Waals surface area contributed by atoms with Crippen molar-refractivity contribution in [3.63, 3.8) is 0 Å². The van der Waals surface area contributed by atoms with E-state index in [2.05, 4.69) is 5.32 Å². The normalized spacial score (nSPS) is 11.8. The molecule has 6 nitrogen and oxygen atoms in total. The van der Waals surface area contributed by atoms with Crippen LogP contribution in [0.4, 0.5) is 0 Å². The molecule has 0 aliphatic carbocycles. The Labute approximate surface area is 144 Å². The predicted octanol–water partition coefficient (Wildman–Crippen LogP) is 1.37. The molecule has 2 N–H and O–H groups in total. The number of aliphatic hydroxyl groups is 1. The van der Waals surface area contributed by atoms with Gasteiger partial charge in [-0.2, -0.15) is 0 Å². The summed E-state index contributed by atoms with van der Waals surface area (Å²) >= 11 is 5.93. The highest BCUT2D eigenvalue weighted by Crippen LogP contribution is 2.20. The van der Waals surface area contributed by atoms with Gasteiger partial charge in [0.25, 0.3) is 5.56 Å². The molecule has 0 saturated heterocycles. The van der Waals surface area contributed by atoms with Gasteiger partial charge in [-0.1, -0.05) is 17.7 Å². The molecule has 0 spiro atoms. The van der Waals surface area contributed by atoms with E-state index in [0.29, 0.717) is 10.8 Å². The Bertz CT molecular complexity index is 760. The van der Waals surface area contributed by atoms with E-state index in [4.69, 9.17) is 16.3 Å². The molecule has 1 aromatic heterocycles. The first kappa shape index (κ1) is 18.0. The van der Waals surface area contributed by atoms with E-state index >= 15 is 0 Å². The van der Waals surface area contributed by atoms with Crippen LogP contribution in [0.1, 0.15) is 5.56 Å². The van der Waals surface area contributed by atoms with Crippen LogP contribution in [0.2, 0.25) is 5.02 Å². The largest absolute Gasteiger partial charge is 0.491 e. The second-order valence-electron chi connectivity index (χ2n) is 5.35. The molecule has 1 aromatic carbocycles. The lowest BCUT2D eigenvalue weighted by Crippen LogP contribution is -2.38. The standard InChI is InChI=1S/C17H19ClN2O4/c1-12-8-14(5-6-15(12)18)24-11-13(21)9-19-16(22)10-20-7-3-2-4-17(20)23/h2-8,13,21H,9-11H2,1H3,(H,19,22)/t13-/m0/s1. The van der Waals surface area contributed by atoms with Gasteiger partial charge in [0.15, 0.2) is 0 Å². The topological polar surface area (TPSA) is 80.6 Å². The summed E-state index contributed by atoms with van der Waals surface area (Å²) < 4.78 is 6.74. The summed E-state index contributed by atoms with van der Waals surface area (Å²) in [5, 5.41) is 13.1. The fourth-order valence-corrected chi connectivity index (χ4v) is 2.11. The molecule has 0 saturated carbocycles. The van der Waals surface area contributed by atoms with Crippen molar-refractivity contribution in [2.24, 2.45) is 0 Å². The highest BCUT2D eigenvalue weighted by atomic mass is 35.5. The van der Waals surface area contributed by atoms with Gasteiger partial charge in [-0.3, -0.25) is 9.59 Å². The van der Waals surface area contributed by atoms with Crippen molar-refractivity contribution < 1.29 is 14.6 Å². The number of halogens is 1. The van der Waals surface area contributed by atoms with Gasteiger partial charge in [0, 0.05) is 23.8 Å². The maximum absolute atomic E-state index is 11.8. The van der Waals surface area contributed by atoms with Gasteiger partial charge in [-0.05, 0) is 36.8 Å². The molecule has 0 fully saturated rings. The van der Waals surface area contributed by atoms with E-state index in [1.165, 1.54) is 16.8 Å². The Hall–Kier alpha value is -2.31. The molecule has 24 heavy (non-hydrogen) atoms. The van der Waals surface area contributed by atoms with Gasteiger partial charge in [0.2, 0.25) is 5.91 Å². The van der Waals surface area contributed by atoms with Gasteiger partial charge < -0.3 is 19.7 Å². The lowest BCUT2D eigenvalue weighted by atomic mass is 10.2. The van der Waals surface area contributed by atoms with Crippen molar-refractivity contribution >= 4 is 17.5 Å². The average Bonchev–Trinajstić information content (AvgIpc) is 2.56.